The van der Waals surface area contributed by atoms with E-state index in [9.17, 15) is 10.1 Å². The second kappa shape index (κ2) is 7.71. The average Bonchev–Trinajstić information content (AvgIpc) is 3.22. The van der Waals surface area contributed by atoms with Crippen LogP contribution in [0.3, 0.4) is 0 Å². The summed E-state index contributed by atoms with van der Waals surface area (Å²) in [5.41, 5.74) is 3.56. The van der Waals surface area contributed by atoms with E-state index in [-0.39, 0.29) is 10.6 Å². The van der Waals surface area contributed by atoms with E-state index in [1.54, 1.807) is 12.1 Å². The molecule has 1 aromatic heterocycles. The van der Waals surface area contributed by atoms with Gasteiger partial charge in [0.1, 0.15) is 5.82 Å². The topological polar surface area (TPSA) is 78.6 Å². The highest BCUT2D eigenvalue weighted by molar-refractivity contribution is 5.53. The predicted octanol–water partition coefficient (Wildman–Crippen LogP) is 2.61. The third-order valence-corrected chi connectivity index (χ3v) is 5.47. The molecule has 8 heteroatoms. The number of hydrogen-bond acceptors (Lipinski definition) is 7. The molecule has 0 bridgehead atoms. The lowest BCUT2D eigenvalue weighted by Gasteiger charge is -2.31. The number of nitro benzene ring substituents is 1. The first-order chi connectivity index (χ1) is 13.5. The van der Waals surface area contributed by atoms with Crippen LogP contribution in [0.4, 0.5) is 17.5 Å². The summed E-state index contributed by atoms with van der Waals surface area (Å²) in [7, 11) is 4.07. The standard InChI is InChI=1S/C20H26N6O2/c1-23(2)19-17-14-24(13-15-5-7-16(8-6-15)26(27)28)12-9-18(17)21-20(22-19)25-10-3-4-11-25/h5-8H,3-4,9-14H2,1-2H3. The molecule has 2 aliphatic rings. The van der Waals surface area contributed by atoms with Crippen molar-refractivity contribution in [3.8, 4) is 0 Å². The Balaban J connectivity index is 1.54. The largest absolute Gasteiger partial charge is 0.362 e. The number of non-ortho nitro benzene ring substituents is 1. The van der Waals surface area contributed by atoms with Crippen molar-refractivity contribution in [3.63, 3.8) is 0 Å². The van der Waals surface area contributed by atoms with Crippen molar-refractivity contribution in [1.82, 2.24) is 14.9 Å². The van der Waals surface area contributed by atoms with E-state index in [2.05, 4.69) is 14.7 Å². The van der Waals surface area contributed by atoms with Crippen molar-refractivity contribution in [2.45, 2.75) is 32.4 Å². The highest BCUT2D eigenvalue weighted by Gasteiger charge is 2.26. The van der Waals surface area contributed by atoms with Crippen LogP contribution in [0.5, 0.6) is 0 Å². The molecule has 4 rings (SSSR count). The highest BCUT2D eigenvalue weighted by atomic mass is 16.6. The van der Waals surface area contributed by atoms with E-state index in [0.29, 0.717) is 0 Å². The van der Waals surface area contributed by atoms with Crippen molar-refractivity contribution < 1.29 is 4.92 Å². The first-order valence-corrected chi connectivity index (χ1v) is 9.79. The minimum Gasteiger partial charge on any atom is -0.362 e. The monoisotopic (exact) mass is 382 g/mol. The molecule has 0 amide bonds. The smallest absolute Gasteiger partial charge is 0.269 e. The Morgan fingerprint density at radius 2 is 1.82 bits per heavy atom. The van der Waals surface area contributed by atoms with Gasteiger partial charge in [-0.1, -0.05) is 12.1 Å². The molecule has 0 spiro atoms. The van der Waals surface area contributed by atoms with E-state index in [1.165, 1.54) is 18.4 Å². The molecule has 0 N–H and O–H groups in total. The van der Waals surface area contributed by atoms with Crippen molar-refractivity contribution in [1.29, 1.82) is 0 Å². The van der Waals surface area contributed by atoms with Gasteiger partial charge in [0, 0.05) is 70.9 Å². The molecule has 1 saturated heterocycles. The number of aromatic nitrogens is 2. The fourth-order valence-corrected chi connectivity index (χ4v) is 3.98. The molecular weight excluding hydrogens is 356 g/mol. The van der Waals surface area contributed by atoms with Crippen LogP contribution < -0.4 is 9.80 Å². The van der Waals surface area contributed by atoms with Crippen LogP contribution in [0.2, 0.25) is 0 Å². The molecule has 0 unspecified atom stereocenters. The number of benzene rings is 1. The van der Waals surface area contributed by atoms with Crippen LogP contribution in [0.1, 0.15) is 29.7 Å². The summed E-state index contributed by atoms with van der Waals surface area (Å²) in [4.78, 5) is 27.0. The van der Waals surface area contributed by atoms with E-state index in [0.717, 1.165) is 62.2 Å². The lowest BCUT2D eigenvalue weighted by atomic mass is 10.0. The van der Waals surface area contributed by atoms with Crippen LogP contribution >= 0.6 is 0 Å². The average molecular weight is 382 g/mol. The third-order valence-electron chi connectivity index (χ3n) is 5.47. The van der Waals surface area contributed by atoms with Gasteiger partial charge in [-0.3, -0.25) is 15.0 Å². The summed E-state index contributed by atoms with van der Waals surface area (Å²) in [6.07, 6.45) is 3.31. The van der Waals surface area contributed by atoms with Gasteiger partial charge in [-0.15, -0.1) is 0 Å². The first kappa shape index (κ1) is 18.6. The number of nitro groups is 1. The van der Waals surface area contributed by atoms with Crippen molar-refractivity contribution >= 4 is 17.5 Å². The molecule has 148 valence electrons. The van der Waals surface area contributed by atoms with Gasteiger partial charge < -0.3 is 9.80 Å². The van der Waals surface area contributed by atoms with Gasteiger partial charge in [-0.25, -0.2) is 4.98 Å². The quantitative estimate of drug-likeness (QED) is 0.581. The minimum absolute atomic E-state index is 0.130. The number of rotatable bonds is 5. The molecular formula is C20H26N6O2. The molecule has 2 aromatic rings. The summed E-state index contributed by atoms with van der Waals surface area (Å²) in [6, 6.07) is 6.83. The Morgan fingerprint density at radius 1 is 1.11 bits per heavy atom. The zero-order chi connectivity index (χ0) is 19.7. The Bertz CT molecular complexity index is 862. The van der Waals surface area contributed by atoms with Gasteiger partial charge in [0.15, 0.2) is 0 Å². The Labute approximate surface area is 164 Å². The van der Waals surface area contributed by atoms with Crippen LogP contribution in [0, 0.1) is 10.1 Å². The maximum Gasteiger partial charge on any atom is 0.269 e. The lowest BCUT2D eigenvalue weighted by molar-refractivity contribution is -0.384. The summed E-state index contributed by atoms with van der Waals surface area (Å²) < 4.78 is 0. The van der Waals surface area contributed by atoms with Gasteiger partial charge in [0.05, 0.1) is 10.6 Å². The maximum atomic E-state index is 10.8. The number of hydrogen-bond donors (Lipinski definition) is 0. The summed E-state index contributed by atoms with van der Waals surface area (Å²) in [6.45, 7) is 4.56. The van der Waals surface area contributed by atoms with E-state index >= 15 is 0 Å². The molecule has 0 aliphatic carbocycles. The molecule has 1 aromatic carbocycles. The van der Waals surface area contributed by atoms with E-state index in [4.69, 9.17) is 9.97 Å². The number of nitrogens with zero attached hydrogens (tertiary/aromatic N) is 6. The Kier molecular flexibility index (Phi) is 5.13. The molecule has 1 fully saturated rings. The fourth-order valence-electron chi connectivity index (χ4n) is 3.98. The maximum absolute atomic E-state index is 10.8. The van der Waals surface area contributed by atoms with Gasteiger partial charge in [0.2, 0.25) is 5.95 Å². The van der Waals surface area contributed by atoms with E-state index in [1.807, 2.05) is 26.2 Å². The summed E-state index contributed by atoms with van der Waals surface area (Å²) in [5.74, 6) is 1.86. The molecule has 28 heavy (non-hydrogen) atoms. The second-order valence-electron chi connectivity index (χ2n) is 7.75. The molecule has 3 heterocycles. The van der Waals surface area contributed by atoms with Crippen molar-refractivity contribution in [2.24, 2.45) is 0 Å². The highest BCUT2D eigenvalue weighted by Crippen LogP contribution is 2.29. The van der Waals surface area contributed by atoms with Crippen LogP contribution in [0.15, 0.2) is 24.3 Å². The zero-order valence-electron chi connectivity index (χ0n) is 16.5. The summed E-state index contributed by atoms with van der Waals surface area (Å²) >= 11 is 0. The normalized spacial score (nSPS) is 16.9. The zero-order valence-corrected chi connectivity index (χ0v) is 16.5. The van der Waals surface area contributed by atoms with Gasteiger partial charge in [-0.05, 0) is 18.4 Å². The van der Waals surface area contributed by atoms with E-state index < -0.39 is 0 Å². The molecule has 2 aliphatic heterocycles. The van der Waals surface area contributed by atoms with Gasteiger partial charge in [-0.2, -0.15) is 4.98 Å². The molecule has 0 atom stereocenters. The number of anilines is 2. The molecule has 8 nitrogen and oxygen atoms in total. The second-order valence-corrected chi connectivity index (χ2v) is 7.75. The first-order valence-electron chi connectivity index (χ1n) is 9.79. The number of fused-ring (bicyclic) bond motifs is 1. The lowest BCUT2D eigenvalue weighted by Crippen LogP contribution is -2.33. The van der Waals surface area contributed by atoms with Crippen molar-refractivity contribution in [2.75, 3.05) is 43.5 Å². The Hall–Kier alpha value is -2.74. The van der Waals surface area contributed by atoms with Crippen LogP contribution in [-0.4, -0.2) is 53.5 Å². The van der Waals surface area contributed by atoms with Crippen LogP contribution in [-0.2, 0) is 19.5 Å². The van der Waals surface area contributed by atoms with Gasteiger partial charge >= 0.3 is 0 Å². The molecule has 0 radical (unpaired) electrons. The molecule has 0 saturated carbocycles. The summed E-state index contributed by atoms with van der Waals surface area (Å²) in [5, 5.41) is 10.8. The van der Waals surface area contributed by atoms with Crippen molar-refractivity contribution in [3.05, 3.63) is 51.2 Å². The SMILES string of the molecule is CN(C)c1nc(N2CCCC2)nc2c1CN(Cc1ccc([N+](=O)[O-])cc1)CC2. The minimum atomic E-state index is -0.362. The fraction of sp³-hybridized carbons (Fsp3) is 0.500. The Morgan fingerprint density at radius 3 is 2.46 bits per heavy atom. The third kappa shape index (κ3) is 3.77. The predicted molar refractivity (Wildman–Crippen MR) is 109 cm³/mol. The van der Waals surface area contributed by atoms with Crippen LogP contribution in [0.25, 0.3) is 0 Å². The van der Waals surface area contributed by atoms with Gasteiger partial charge in [0.25, 0.3) is 5.69 Å².